The summed E-state index contributed by atoms with van der Waals surface area (Å²) in [5.74, 6) is 0.199. The standard InChI is InChI=1S/C15H26N2O3S/c1-21(19,20)12-15(6-7-15)10-16-13(18)17-9-8-14(11-17)4-2-3-5-14/h2-12H2,1H3,(H,16,18). The van der Waals surface area contributed by atoms with Crippen molar-refractivity contribution < 1.29 is 13.2 Å². The lowest BCUT2D eigenvalue weighted by atomic mass is 9.86. The fourth-order valence-corrected chi connectivity index (χ4v) is 5.62. The van der Waals surface area contributed by atoms with Crippen molar-refractivity contribution in [1.82, 2.24) is 10.2 Å². The maximum absolute atomic E-state index is 12.3. The summed E-state index contributed by atoms with van der Waals surface area (Å²) in [6.45, 7) is 2.24. The molecule has 1 N–H and O–H groups in total. The highest BCUT2D eigenvalue weighted by Crippen LogP contribution is 2.47. The SMILES string of the molecule is CS(=O)(=O)CC1(CNC(=O)N2CCC3(CCCC3)C2)CC1. The van der Waals surface area contributed by atoms with Crippen LogP contribution in [0.5, 0.6) is 0 Å². The first-order valence-electron chi connectivity index (χ1n) is 8.02. The van der Waals surface area contributed by atoms with Crippen LogP contribution in [0.3, 0.4) is 0 Å². The van der Waals surface area contributed by atoms with Gasteiger partial charge in [0, 0.05) is 31.3 Å². The zero-order valence-corrected chi connectivity index (χ0v) is 13.7. The second-order valence-electron chi connectivity index (χ2n) is 7.61. The fraction of sp³-hybridized carbons (Fsp3) is 0.933. The first-order valence-corrected chi connectivity index (χ1v) is 10.1. The summed E-state index contributed by atoms with van der Waals surface area (Å²) in [4.78, 5) is 14.2. The third-order valence-corrected chi connectivity index (χ3v) is 6.67. The molecule has 3 rings (SSSR count). The van der Waals surface area contributed by atoms with Gasteiger partial charge in [-0.2, -0.15) is 0 Å². The molecule has 0 atom stereocenters. The Morgan fingerprint density at radius 1 is 1.14 bits per heavy atom. The lowest BCUT2D eigenvalue weighted by Gasteiger charge is -2.24. The van der Waals surface area contributed by atoms with Crippen LogP contribution in [0, 0.1) is 10.8 Å². The average molecular weight is 314 g/mol. The van der Waals surface area contributed by atoms with Crippen molar-refractivity contribution in [2.24, 2.45) is 10.8 Å². The predicted molar refractivity (Wildman–Crippen MR) is 81.9 cm³/mol. The predicted octanol–water partition coefficient (Wildman–Crippen LogP) is 1.79. The molecule has 0 bridgehead atoms. The van der Waals surface area contributed by atoms with Crippen LogP contribution < -0.4 is 5.32 Å². The molecule has 2 amide bonds. The number of carbonyl (C=O) groups excluding carboxylic acids is 1. The van der Waals surface area contributed by atoms with E-state index in [4.69, 9.17) is 0 Å². The molecule has 3 aliphatic rings. The first kappa shape index (κ1) is 15.1. The maximum atomic E-state index is 12.3. The second-order valence-corrected chi connectivity index (χ2v) is 9.75. The normalized spacial score (nSPS) is 26.2. The van der Waals surface area contributed by atoms with E-state index in [0.717, 1.165) is 32.4 Å². The summed E-state index contributed by atoms with van der Waals surface area (Å²) >= 11 is 0. The number of hydrogen-bond donors (Lipinski definition) is 1. The van der Waals surface area contributed by atoms with Crippen molar-refractivity contribution in [3.63, 3.8) is 0 Å². The Morgan fingerprint density at radius 3 is 2.38 bits per heavy atom. The van der Waals surface area contributed by atoms with Crippen LogP contribution in [0.15, 0.2) is 0 Å². The largest absolute Gasteiger partial charge is 0.337 e. The Bertz CT molecular complexity index is 519. The monoisotopic (exact) mass is 314 g/mol. The summed E-state index contributed by atoms with van der Waals surface area (Å²) in [5.41, 5.74) is 0.204. The summed E-state index contributed by atoms with van der Waals surface area (Å²) < 4.78 is 22.9. The molecular weight excluding hydrogens is 288 g/mol. The van der Waals surface area contributed by atoms with Gasteiger partial charge in [0.05, 0.1) is 5.75 Å². The van der Waals surface area contributed by atoms with Gasteiger partial charge in [0.15, 0.2) is 0 Å². The molecule has 120 valence electrons. The van der Waals surface area contributed by atoms with E-state index in [1.54, 1.807) is 0 Å². The minimum Gasteiger partial charge on any atom is -0.337 e. The summed E-state index contributed by atoms with van der Waals surface area (Å²) in [6, 6.07) is -0.00134. The van der Waals surface area contributed by atoms with Crippen LogP contribution in [0.2, 0.25) is 0 Å². The van der Waals surface area contributed by atoms with Crippen LogP contribution in [-0.4, -0.2) is 51.0 Å². The van der Waals surface area contributed by atoms with Crippen molar-refractivity contribution >= 4 is 15.9 Å². The Balaban J connectivity index is 1.49. The van der Waals surface area contributed by atoms with Crippen LogP contribution in [0.25, 0.3) is 0 Å². The molecule has 1 aliphatic heterocycles. The zero-order chi connectivity index (χ0) is 15.1. The number of hydrogen-bond acceptors (Lipinski definition) is 3. The molecule has 21 heavy (non-hydrogen) atoms. The topological polar surface area (TPSA) is 66.5 Å². The number of urea groups is 1. The van der Waals surface area contributed by atoms with Crippen molar-refractivity contribution in [3.05, 3.63) is 0 Å². The molecule has 1 heterocycles. The molecule has 0 unspecified atom stereocenters. The molecule has 2 aliphatic carbocycles. The van der Waals surface area contributed by atoms with Gasteiger partial charge in [-0.3, -0.25) is 0 Å². The van der Waals surface area contributed by atoms with Gasteiger partial charge in [-0.15, -0.1) is 0 Å². The third kappa shape index (κ3) is 3.52. The second kappa shape index (κ2) is 5.14. The molecule has 2 saturated carbocycles. The minimum absolute atomic E-state index is 0.00134. The number of sulfone groups is 1. The lowest BCUT2D eigenvalue weighted by molar-refractivity contribution is 0.198. The quantitative estimate of drug-likeness (QED) is 0.860. The van der Waals surface area contributed by atoms with E-state index in [9.17, 15) is 13.2 Å². The van der Waals surface area contributed by atoms with E-state index >= 15 is 0 Å². The summed E-state index contributed by atoms with van der Waals surface area (Å²) in [7, 11) is -2.97. The van der Waals surface area contributed by atoms with Crippen molar-refractivity contribution in [1.29, 1.82) is 0 Å². The van der Waals surface area contributed by atoms with Crippen LogP contribution in [-0.2, 0) is 9.84 Å². The van der Waals surface area contributed by atoms with Crippen LogP contribution >= 0.6 is 0 Å². The highest BCUT2D eigenvalue weighted by Gasteiger charge is 2.46. The van der Waals surface area contributed by atoms with E-state index in [1.807, 2.05) is 4.90 Å². The van der Waals surface area contributed by atoms with Crippen LogP contribution in [0.4, 0.5) is 4.79 Å². The zero-order valence-electron chi connectivity index (χ0n) is 12.9. The number of amides is 2. The Hall–Kier alpha value is -0.780. The fourth-order valence-electron chi connectivity index (χ4n) is 4.12. The van der Waals surface area contributed by atoms with E-state index < -0.39 is 9.84 Å². The Kier molecular flexibility index (Phi) is 3.71. The molecule has 0 aromatic carbocycles. The summed E-state index contributed by atoms with van der Waals surface area (Å²) in [5, 5.41) is 2.98. The minimum atomic E-state index is -2.97. The van der Waals surface area contributed by atoms with Gasteiger partial charge in [0.2, 0.25) is 0 Å². The molecule has 5 nitrogen and oxygen atoms in total. The van der Waals surface area contributed by atoms with Crippen LogP contribution in [0.1, 0.15) is 44.9 Å². The van der Waals surface area contributed by atoms with Gasteiger partial charge in [0.25, 0.3) is 0 Å². The van der Waals surface area contributed by atoms with E-state index in [1.165, 1.54) is 31.9 Å². The van der Waals surface area contributed by atoms with Gasteiger partial charge >= 0.3 is 6.03 Å². The molecule has 3 fully saturated rings. The number of nitrogens with one attached hydrogen (secondary N) is 1. The van der Waals surface area contributed by atoms with Gasteiger partial charge in [0.1, 0.15) is 9.84 Å². The molecule has 1 spiro atoms. The maximum Gasteiger partial charge on any atom is 0.317 e. The van der Waals surface area contributed by atoms with Gasteiger partial charge in [-0.05, 0) is 37.5 Å². The van der Waals surface area contributed by atoms with Gasteiger partial charge in [-0.25, -0.2) is 13.2 Å². The molecule has 1 saturated heterocycles. The van der Waals surface area contributed by atoms with E-state index in [2.05, 4.69) is 5.32 Å². The van der Waals surface area contributed by atoms with Crippen molar-refractivity contribution in [2.45, 2.75) is 44.9 Å². The average Bonchev–Trinajstić information content (AvgIpc) is 2.86. The third-order valence-electron chi connectivity index (χ3n) is 5.53. The highest BCUT2D eigenvalue weighted by molar-refractivity contribution is 7.90. The Labute approximate surface area is 127 Å². The number of rotatable bonds is 4. The van der Waals surface area contributed by atoms with E-state index in [-0.39, 0.29) is 17.2 Å². The number of carbonyl (C=O) groups is 1. The molecular formula is C15H26N2O3S. The van der Waals surface area contributed by atoms with Crippen molar-refractivity contribution in [3.8, 4) is 0 Å². The number of nitrogens with zero attached hydrogens (tertiary/aromatic N) is 1. The summed E-state index contributed by atoms with van der Waals surface area (Å²) in [6.07, 6.45) is 9.34. The highest BCUT2D eigenvalue weighted by atomic mass is 32.2. The molecule has 0 radical (unpaired) electrons. The number of likely N-dealkylation sites (tertiary alicyclic amines) is 1. The molecule has 0 aromatic heterocycles. The first-order chi connectivity index (χ1) is 9.82. The van der Waals surface area contributed by atoms with E-state index in [0.29, 0.717) is 12.0 Å². The van der Waals surface area contributed by atoms with Gasteiger partial charge in [-0.1, -0.05) is 12.8 Å². The molecule has 0 aromatic rings. The van der Waals surface area contributed by atoms with Gasteiger partial charge < -0.3 is 10.2 Å². The lowest BCUT2D eigenvalue weighted by Crippen LogP contribution is -2.42. The Morgan fingerprint density at radius 2 is 1.81 bits per heavy atom. The molecule has 6 heteroatoms. The smallest absolute Gasteiger partial charge is 0.317 e. The van der Waals surface area contributed by atoms with Crippen molar-refractivity contribution in [2.75, 3.05) is 31.6 Å².